The van der Waals surface area contributed by atoms with Crippen LogP contribution in [-0.4, -0.2) is 13.1 Å². The molecule has 5 nitrogen and oxygen atoms in total. The van der Waals surface area contributed by atoms with Gasteiger partial charge in [0.25, 0.3) is 0 Å². The van der Waals surface area contributed by atoms with Crippen LogP contribution in [0.5, 0.6) is 0 Å². The molecule has 3 heterocycles. The molecule has 340 valence electrons. The molecule has 3 aromatic heterocycles. The number of benzene rings is 10. The van der Waals surface area contributed by atoms with Crippen molar-refractivity contribution in [2.75, 3.05) is 18.0 Å². The van der Waals surface area contributed by atoms with Crippen molar-refractivity contribution >= 4 is 92.8 Å². The molecule has 0 fully saturated rings. The Morgan fingerprint density at radius 3 is 1.41 bits per heavy atom. The normalized spacial score (nSPS) is 11.8. The summed E-state index contributed by atoms with van der Waals surface area (Å²) in [5, 5.41) is 13.1. The van der Waals surface area contributed by atoms with Gasteiger partial charge in [-0.15, -0.1) is 11.3 Å². The SMILES string of the molecule is CCN(CC)c1ccc2c(C)c(-c3ccc(-c4c5ccccc5c(-c5c6ccccc6c(-c6ccc(-c7cc8cc9ccccc9cc8oc7=O)s6)c6ccccc56)c5ccccc45)cc3)c(=O)oc2c1. The van der Waals surface area contributed by atoms with E-state index in [-0.39, 0.29) is 11.3 Å². The fourth-order valence-electron chi connectivity index (χ4n) is 11.2. The Labute approximate surface area is 413 Å². The number of hydrogen-bond acceptors (Lipinski definition) is 6. The number of aryl methyl sites for hydroxylation is 1. The summed E-state index contributed by atoms with van der Waals surface area (Å²) < 4.78 is 12.0. The minimum absolute atomic E-state index is 0.337. The number of hydrogen-bond donors (Lipinski definition) is 0. The lowest BCUT2D eigenvalue weighted by atomic mass is 9.81. The zero-order valence-electron chi connectivity index (χ0n) is 39.4. The van der Waals surface area contributed by atoms with E-state index >= 15 is 0 Å². The van der Waals surface area contributed by atoms with Crippen molar-refractivity contribution < 1.29 is 8.83 Å². The van der Waals surface area contributed by atoms with Gasteiger partial charge in [0.1, 0.15) is 11.2 Å². The first-order valence-corrected chi connectivity index (χ1v) is 25.1. The molecule has 0 saturated carbocycles. The molecule has 0 saturated heterocycles. The zero-order chi connectivity index (χ0) is 47.9. The summed E-state index contributed by atoms with van der Waals surface area (Å²) in [6, 6.07) is 68.0. The largest absolute Gasteiger partial charge is 0.422 e. The van der Waals surface area contributed by atoms with Crippen LogP contribution in [0.4, 0.5) is 5.69 Å². The molecule has 0 atom stereocenters. The average molecular weight is 936 g/mol. The number of thiophene rings is 1. The van der Waals surface area contributed by atoms with Crippen LogP contribution < -0.4 is 16.2 Å². The summed E-state index contributed by atoms with van der Waals surface area (Å²) in [5.74, 6) is 0. The van der Waals surface area contributed by atoms with E-state index in [1.807, 2.05) is 43.3 Å². The van der Waals surface area contributed by atoms with E-state index in [1.54, 1.807) is 11.3 Å². The number of nitrogens with zero attached hydrogens (tertiary/aromatic N) is 1. The highest BCUT2D eigenvalue weighted by Gasteiger charge is 2.24. The number of rotatable bonds is 8. The molecule has 71 heavy (non-hydrogen) atoms. The monoisotopic (exact) mass is 935 g/mol. The van der Waals surface area contributed by atoms with Gasteiger partial charge in [-0.25, -0.2) is 9.59 Å². The van der Waals surface area contributed by atoms with E-state index < -0.39 is 0 Å². The van der Waals surface area contributed by atoms with Crippen LogP contribution in [0.15, 0.2) is 213 Å². The van der Waals surface area contributed by atoms with Crippen LogP contribution in [0, 0.1) is 6.92 Å². The second-order valence-electron chi connectivity index (χ2n) is 18.4. The highest BCUT2D eigenvalue weighted by molar-refractivity contribution is 7.19. The van der Waals surface area contributed by atoms with E-state index in [2.05, 4.69) is 176 Å². The van der Waals surface area contributed by atoms with Crippen LogP contribution in [0.25, 0.3) is 130 Å². The maximum absolute atomic E-state index is 13.8. The summed E-state index contributed by atoms with van der Waals surface area (Å²) in [4.78, 5) is 31.7. The Morgan fingerprint density at radius 2 is 0.859 bits per heavy atom. The summed E-state index contributed by atoms with van der Waals surface area (Å²) in [6.07, 6.45) is 0. The first-order valence-electron chi connectivity index (χ1n) is 24.2. The first kappa shape index (κ1) is 42.5. The molecule has 0 aliphatic carbocycles. The zero-order valence-corrected chi connectivity index (χ0v) is 40.2. The van der Waals surface area contributed by atoms with Crippen molar-refractivity contribution in [3.8, 4) is 54.3 Å². The van der Waals surface area contributed by atoms with Gasteiger partial charge in [-0.2, -0.15) is 0 Å². The van der Waals surface area contributed by atoms with Gasteiger partial charge in [-0.05, 0) is 150 Å². The summed E-state index contributed by atoms with van der Waals surface area (Å²) in [7, 11) is 0. The van der Waals surface area contributed by atoms with E-state index in [1.165, 1.54) is 11.1 Å². The fourth-order valence-corrected chi connectivity index (χ4v) is 12.3. The molecule has 0 radical (unpaired) electrons. The van der Waals surface area contributed by atoms with Crippen LogP contribution in [0.2, 0.25) is 0 Å². The van der Waals surface area contributed by atoms with Gasteiger partial charge >= 0.3 is 11.3 Å². The summed E-state index contributed by atoms with van der Waals surface area (Å²) in [6.45, 7) is 8.02. The van der Waals surface area contributed by atoms with E-state index in [0.717, 1.165) is 121 Å². The van der Waals surface area contributed by atoms with Crippen LogP contribution >= 0.6 is 11.3 Å². The van der Waals surface area contributed by atoms with E-state index in [4.69, 9.17) is 8.83 Å². The van der Waals surface area contributed by atoms with Crippen molar-refractivity contribution in [3.05, 3.63) is 221 Å². The van der Waals surface area contributed by atoms with E-state index in [9.17, 15) is 9.59 Å². The average Bonchev–Trinajstić information content (AvgIpc) is 3.89. The van der Waals surface area contributed by atoms with Crippen molar-refractivity contribution in [2.24, 2.45) is 0 Å². The Morgan fingerprint density at radius 1 is 0.394 bits per heavy atom. The molecule has 0 aliphatic rings. The predicted octanol–water partition coefficient (Wildman–Crippen LogP) is 17.2. The van der Waals surface area contributed by atoms with Gasteiger partial charge in [0, 0.05) is 50.9 Å². The van der Waals surface area contributed by atoms with Crippen molar-refractivity contribution in [2.45, 2.75) is 20.8 Å². The maximum atomic E-state index is 13.8. The highest BCUT2D eigenvalue weighted by atomic mass is 32.1. The van der Waals surface area contributed by atoms with Crippen molar-refractivity contribution in [1.82, 2.24) is 0 Å². The topological polar surface area (TPSA) is 63.7 Å². The van der Waals surface area contributed by atoms with Crippen LogP contribution in [0.1, 0.15) is 19.4 Å². The lowest BCUT2D eigenvalue weighted by Gasteiger charge is -2.22. The van der Waals surface area contributed by atoms with Gasteiger partial charge in [0.15, 0.2) is 0 Å². The molecule has 10 aromatic carbocycles. The minimum atomic E-state index is -0.346. The third-order valence-corrected chi connectivity index (χ3v) is 15.7. The Hall–Kier alpha value is -8.58. The van der Waals surface area contributed by atoms with Crippen molar-refractivity contribution in [3.63, 3.8) is 0 Å². The van der Waals surface area contributed by atoms with Gasteiger partial charge in [-0.3, -0.25) is 0 Å². The molecule has 13 aromatic rings. The molecule has 0 bridgehead atoms. The fraction of sp³-hybridized carbons (Fsp3) is 0.0769. The molecule has 0 unspecified atom stereocenters. The Balaban J connectivity index is 0.965. The highest BCUT2D eigenvalue weighted by Crippen LogP contribution is 2.51. The van der Waals surface area contributed by atoms with Crippen LogP contribution in [-0.2, 0) is 0 Å². The third kappa shape index (κ3) is 6.81. The quantitative estimate of drug-likeness (QED) is 0.112. The van der Waals surface area contributed by atoms with E-state index in [0.29, 0.717) is 22.3 Å². The standard InChI is InChI=1S/C65H45NO4S/c1-4-66(5-2)44-30-31-45-38(3)59(65(68)70-56(45)37-44)39-26-28-40(29-27-39)60-46-18-8-12-22-50(46)62(51-23-13-9-19-47(51)60)63-52-24-14-10-20-48(52)61(49-21-11-15-25-53(49)63)58-33-32-57(71-58)54-35-43-34-41-16-6-7-17-42(41)36-55(43)69-64(54)67/h6-37H,4-5H2,1-3H3. The van der Waals surface area contributed by atoms with Gasteiger partial charge in [0.05, 0.1) is 11.1 Å². The second-order valence-corrected chi connectivity index (χ2v) is 19.4. The molecular weight excluding hydrogens is 891 g/mol. The first-order chi connectivity index (χ1) is 34.9. The summed E-state index contributed by atoms with van der Waals surface area (Å²) in [5.41, 5.74) is 10.1. The van der Waals surface area contributed by atoms with Crippen molar-refractivity contribution in [1.29, 1.82) is 0 Å². The molecule has 0 amide bonds. The predicted molar refractivity (Wildman–Crippen MR) is 299 cm³/mol. The summed E-state index contributed by atoms with van der Waals surface area (Å²) >= 11 is 1.62. The molecule has 6 heteroatoms. The maximum Gasteiger partial charge on any atom is 0.345 e. The smallest absolute Gasteiger partial charge is 0.345 e. The number of anilines is 1. The molecular formula is C65H45NO4S. The molecule has 0 N–H and O–H groups in total. The Bertz CT molecular complexity index is 4330. The Kier molecular flexibility index (Phi) is 10.1. The lowest BCUT2D eigenvalue weighted by molar-refractivity contribution is 0.562. The lowest BCUT2D eigenvalue weighted by Crippen LogP contribution is -2.21. The van der Waals surface area contributed by atoms with Gasteiger partial charge < -0.3 is 13.7 Å². The van der Waals surface area contributed by atoms with Gasteiger partial charge in [0.2, 0.25) is 0 Å². The number of fused-ring (bicyclic) bond motifs is 7. The van der Waals surface area contributed by atoms with Crippen LogP contribution in [0.3, 0.4) is 0 Å². The third-order valence-electron chi connectivity index (χ3n) is 14.6. The second kappa shape index (κ2) is 16.8. The minimum Gasteiger partial charge on any atom is -0.422 e. The molecule has 0 spiro atoms. The molecule has 13 rings (SSSR count). The van der Waals surface area contributed by atoms with Gasteiger partial charge in [-0.1, -0.05) is 146 Å². The molecule has 0 aliphatic heterocycles.